The van der Waals surface area contributed by atoms with E-state index in [1.54, 1.807) is 19.1 Å². The second-order valence-electron chi connectivity index (χ2n) is 5.57. The summed E-state index contributed by atoms with van der Waals surface area (Å²) < 4.78 is 6.25. The van der Waals surface area contributed by atoms with Gasteiger partial charge in [-0.3, -0.25) is 9.59 Å². The molecular formula is C16H23BrN2O3. The number of hydrogen-bond donors (Lipinski definition) is 1. The normalized spacial score (nSPS) is 12.0. The van der Waals surface area contributed by atoms with E-state index in [9.17, 15) is 9.59 Å². The van der Waals surface area contributed by atoms with Crippen molar-refractivity contribution in [1.82, 2.24) is 10.2 Å². The molecule has 1 rings (SSSR count). The van der Waals surface area contributed by atoms with Gasteiger partial charge in [0.2, 0.25) is 11.8 Å². The first kappa shape index (κ1) is 18.5. The molecule has 0 aliphatic rings. The fourth-order valence-corrected chi connectivity index (χ4v) is 2.58. The predicted molar refractivity (Wildman–Crippen MR) is 89.6 cm³/mol. The van der Waals surface area contributed by atoms with Crippen molar-refractivity contribution in [2.75, 3.05) is 14.2 Å². The second kappa shape index (κ2) is 8.17. The molecule has 0 unspecified atom stereocenters. The first-order valence-electron chi connectivity index (χ1n) is 7.10. The Kier molecular flexibility index (Phi) is 6.87. The molecule has 0 spiro atoms. The molecule has 0 bridgehead atoms. The van der Waals surface area contributed by atoms with Crippen molar-refractivity contribution in [2.24, 2.45) is 5.92 Å². The third-order valence-corrected chi connectivity index (χ3v) is 3.81. The number of amides is 2. The Balaban J connectivity index is 2.91. The first-order valence-corrected chi connectivity index (χ1v) is 7.90. The summed E-state index contributed by atoms with van der Waals surface area (Å²) >= 11 is 3.42. The van der Waals surface area contributed by atoms with E-state index < -0.39 is 6.04 Å². The van der Waals surface area contributed by atoms with Gasteiger partial charge in [-0.15, -0.1) is 0 Å². The van der Waals surface area contributed by atoms with Crippen LogP contribution in [0.5, 0.6) is 5.75 Å². The van der Waals surface area contributed by atoms with Crippen LogP contribution in [-0.4, -0.2) is 36.9 Å². The van der Waals surface area contributed by atoms with Gasteiger partial charge in [0.05, 0.1) is 7.11 Å². The Labute approximate surface area is 140 Å². The maximum Gasteiger partial charge on any atom is 0.245 e. The minimum Gasteiger partial charge on any atom is -0.496 e. The topological polar surface area (TPSA) is 58.6 Å². The molecule has 1 N–H and O–H groups in total. The van der Waals surface area contributed by atoms with Crippen LogP contribution in [0.2, 0.25) is 0 Å². The summed E-state index contributed by atoms with van der Waals surface area (Å²) in [6.07, 6.45) is 0. The molecule has 0 radical (unpaired) electrons. The van der Waals surface area contributed by atoms with Crippen LogP contribution in [0.4, 0.5) is 0 Å². The van der Waals surface area contributed by atoms with Crippen LogP contribution >= 0.6 is 15.9 Å². The van der Waals surface area contributed by atoms with Crippen LogP contribution in [-0.2, 0) is 16.1 Å². The zero-order valence-corrected chi connectivity index (χ0v) is 15.2. The zero-order valence-electron chi connectivity index (χ0n) is 13.6. The molecule has 0 heterocycles. The van der Waals surface area contributed by atoms with Gasteiger partial charge < -0.3 is 15.0 Å². The summed E-state index contributed by atoms with van der Waals surface area (Å²) in [6.45, 7) is 5.64. The van der Waals surface area contributed by atoms with E-state index in [0.29, 0.717) is 6.54 Å². The van der Waals surface area contributed by atoms with Crippen molar-refractivity contribution in [3.8, 4) is 5.75 Å². The lowest BCUT2D eigenvalue weighted by molar-refractivity contribution is -0.136. The van der Waals surface area contributed by atoms with Crippen LogP contribution in [0.1, 0.15) is 26.3 Å². The van der Waals surface area contributed by atoms with Gasteiger partial charge in [-0.05, 0) is 24.1 Å². The molecule has 0 saturated carbocycles. The number of ether oxygens (including phenoxy) is 1. The summed E-state index contributed by atoms with van der Waals surface area (Å²) in [6, 6.07) is 5.13. The van der Waals surface area contributed by atoms with Gasteiger partial charge in [0.15, 0.2) is 0 Å². The standard InChI is InChI=1S/C16H23BrN2O3/c1-10(2)15(18-11(3)20)16(21)19(4)9-12-8-13(17)6-7-14(12)22-5/h6-8,10,15H,9H2,1-5H3,(H,18,20)/t15-/m0/s1. The Morgan fingerprint density at radius 2 is 2.00 bits per heavy atom. The predicted octanol–water partition coefficient (Wildman–Crippen LogP) is 2.58. The van der Waals surface area contributed by atoms with E-state index in [2.05, 4.69) is 21.2 Å². The van der Waals surface area contributed by atoms with Gasteiger partial charge in [0.1, 0.15) is 11.8 Å². The van der Waals surface area contributed by atoms with Gasteiger partial charge in [0, 0.05) is 30.6 Å². The summed E-state index contributed by atoms with van der Waals surface area (Å²) in [4.78, 5) is 25.5. The van der Waals surface area contributed by atoms with Gasteiger partial charge in [-0.1, -0.05) is 29.8 Å². The zero-order chi connectivity index (χ0) is 16.9. The highest BCUT2D eigenvalue weighted by Gasteiger charge is 2.26. The fourth-order valence-electron chi connectivity index (χ4n) is 2.17. The minimum atomic E-state index is -0.527. The molecule has 1 aromatic rings. The van der Waals surface area contributed by atoms with Crippen LogP contribution in [0.25, 0.3) is 0 Å². The van der Waals surface area contributed by atoms with Crippen molar-refractivity contribution in [2.45, 2.75) is 33.4 Å². The molecule has 22 heavy (non-hydrogen) atoms. The number of nitrogens with zero attached hydrogens (tertiary/aromatic N) is 1. The van der Waals surface area contributed by atoms with E-state index in [-0.39, 0.29) is 17.7 Å². The van der Waals surface area contributed by atoms with E-state index in [1.165, 1.54) is 6.92 Å². The molecule has 0 fully saturated rings. The van der Waals surface area contributed by atoms with Gasteiger partial charge in [-0.2, -0.15) is 0 Å². The molecule has 0 aromatic heterocycles. The molecule has 2 amide bonds. The average Bonchev–Trinajstić information content (AvgIpc) is 2.43. The first-order chi connectivity index (χ1) is 10.3. The lowest BCUT2D eigenvalue weighted by atomic mass is 10.0. The molecule has 1 atom stereocenters. The number of nitrogens with one attached hydrogen (secondary N) is 1. The fraction of sp³-hybridized carbons (Fsp3) is 0.500. The highest BCUT2D eigenvalue weighted by molar-refractivity contribution is 9.10. The highest BCUT2D eigenvalue weighted by Crippen LogP contribution is 2.24. The van der Waals surface area contributed by atoms with Gasteiger partial charge in [-0.25, -0.2) is 0 Å². The Bertz CT molecular complexity index is 546. The molecule has 0 aliphatic heterocycles. The highest BCUT2D eigenvalue weighted by atomic mass is 79.9. The Morgan fingerprint density at radius 1 is 1.36 bits per heavy atom. The summed E-state index contributed by atoms with van der Waals surface area (Å²) in [7, 11) is 3.32. The number of methoxy groups -OCH3 is 1. The molecule has 0 saturated heterocycles. The minimum absolute atomic E-state index is 0.0169. The molecule has 122 valence electrons. The number of hydrogen-bond acceptors (Lipinski definition) is 3. The monoisotopic (exact) mass is 370 g/mol. The van der Waals surface area contributed by atoms with Crippen LogP contribution < -0.4 is 10.1 Å². The number of carbonyl (C=O) groups is 2. The molecule has 6 heteroatoms. The summed E-state index contributed by atoms with van der Waals surface area (Å²) in [5, 5.41) is 2.72. The van der Waals surface area contributed by atoms with E-state index >= 15 is 0 Å². The lowest BCUT2D eigenvalue weighted by Crippen LogP contribution is -2.49. The van der Waals surface area contributed by atoms with Crippen molar-refractivity contribution in [3.05, 3.63) is 28.2 Å². The largest absolute Gasteiger partial charge is 0.496 e. The van der Waals surface area contributed by atoms with E-state index in [4.69, 9.17) is 4.74 Å². The smallest absolute Gasteiger partial charge is 0.245 e. The number of carbonyl (C=O) groups excluding carboxylic acids is 2. The number of halogens is 1. The van der Waals surface area contributed by atoms with E-state index in [1.807, 2.05) is 32.0 Å². The van der Waals surface area contributed by atoms with E-state index in [0.717, 1.165) is 15.8 Å². The Hall–Kier alpha value is -1.56. The van der Waals surface area contributed by atoms with Crippen LogP contribution in [0, 0.1) is 5.92 Å². The van der Waals surface area contributed by atoms with Gasteiger partial charge in [0.25, 0.3) is 0 Å². The third kappa shape index (κ3) is 5.02. The summed E-state index contributed by atoms with van der Waals surface area (Å²) in [5.74, 6) is 0.416. The second-order valence-corrected chi connectivity index (χ2v) is 6.49. The van der Waals surface area contributed by atoms with Gasteiger partial charge >= 0.3 is 0 Å². The number of benzene rings is 1. The average molecular weight is 371 g/mol. The van der Waals surface area contributed by atoms with Crippen molar-refractivity contribution in [1.29, 1.82) is 0 Å². The maximum atomic E-state index is 12.6. The SMILES string of the molecule is COc1ccc(Br)cc1CN(C)C(=O)[C@@H](NC(C)=O)C(C)C. The van der Waals surface area contributed by atoms with Crippen molar-refractivity contribution < 1.29 is 14.3 Å². The maximum absolute atomic E-state index is 12.6. The molecule has 1 aromatic carbocycles. The van der Waals surface area contributed by atoms with Crippen molar-refractivity contribution in [3.63, 3.8) is 0 Å². The number of rotatable bonds is 6. The third-order valence-electron chi connectivity index (χ3n) is 3.32. The Morgan fingerprint density at radius 3 is 2.50 bits per heavy atom. The molecule has 5 nitrogen and oxygen atoms in total. The molecular weight excluding hydrogens is 348 g/mol. The lowest BCUT2D eigenvalue weighted by Gasteiger charge is -2.27. The molecule has 0 aliphatic carbocycles. The van der Waals surface area contributed by atoms with Crippen LogP contribution in [0.15, 0.2) is 22.7 Å². The number of likely N-dealkylation sites (N-methyl/N-ethyl adjacent to an activating group) is 1. The van der Waals surface area contributed by atoms with Crippen molar-refractivity contribution >= 4 is 27.7 Å². The summed E-state index contributed by atoms with van der Waals surface area (Å²) in [5.41, 5.74) is 0.901. The quantitative estimate of drug-likeness (QED) is 0.836. The van der Waals surface area contributed by atoms with Crippen LogP contribution in [0.3, 0.4) is 0 Å².